The summed E-state index contributed by atoms with van der Waals surface area (Å²) in [6, 6.07) is 9.33. The quantitative estimate of drug-likeness (QED) is 0.444. The fourth-order valence-electron chi connectivity index (χ4n) is 3.68. The summed E-state index contributed by atoms with van der Waals surface area (Å²) in [4.78, 5) is 22.0. The highest BCUT2D eigenvalue weighted by molar-refractivity contribution is 5.95. The zero-order valence-electron chi connectivity index (χ0n) is 20.4. The van der Waals surface area contributed by atoms with Crippen LogP contribution in [0.4, 0.5) is 0 Å². The molecule has 0 fully saturated rings. The third-order valence-corrected chi connectivity index (χ3v) is 5.41. The van der Waals surface area contributed by atoms with Gasteiger partial charge in [0.25, 0.3) is 11.9 Å². The fraction of sp³-hybridized carbons (Fsp3) is 0.440. The molecule has 2 heterocycles. The standard InChI is InChI=1S/C25H33N5O4/c1-17(9-8-13-25(2,3)32)28-23(31)19-15-27-30(21(19)16-33-4)24-26-14-12-20(29-24)18-10-6-7-11-22(18)34-5/h6-7,10-12,14-15,17,32H,8-9,13,16H2,1-5H3,(H,28,31). The first kappa shape index (κ1) is 25.3. The average Bonchev–Trinajstić information content (AvgIpc) is 3.22. The van der Waals surface area contributed by atoms with Crippen LogP contribution in [-0.4, -0.2) is 56.6 Å². The maximum absolute atomic E-state index is 13.0. The number of para-hydroxylation sites is 1. The van der Waals surface area contributed by atoms with E-state index in [4.69, 9.17) is 9.47 Å². The number of carbonyl (C=O) groups excluding carboxylic acids is 1. The summed E-state index contributed by atoms with van der Waals surface area (Å²) in [6.45, 7) is 5.68. The molecule has 0 spiro atoms. The molecule has 0 aliphatic carbocycles. The molecule has 0 saturated carbocycles. The third-order valence-electron chi connectivity index (χ3n) is 5.41. The van der Waals surface area contributed by atoms with Crippen molar-refractivity contribution in [2.24, 2.45) is 0 Å². The van der Waals surface area contributed by atoms with E-state index in [2.05, 4.69) is 20.4 Å². The van der Waals surface area contributed by atoms with Crippen molar-refractivity contribution < 1.29 is 19.4 Å². The highest BCUT2D eigenvalue weighted by atomic mass is 16.5. The van der Waals surface area contributed by atoms with Crippen LogP contribution in [-0.2, 0) is 11.3 Å². The summed E-state index contributed by atoms with van der Waals surface area (Å²) in [6.07, 6.45) is 5.38. The summed E-state index contributed by atoms with van der Waals surface area (Å²) < 4.78 is 12.3. The Morgan fingerprint density at radius 2 is 2.00 bits per heavy atom. The van der Waals surface area contributed by atoms with Gasteiger partial charge in [-0.1, -0.05) is 12.1 Å². The second kappa shape index (κ2) is 11.2. The molecule has 1 unspecified atom stereocenters. The SMILES string of the molecule is COCc1c(C(=O)NC(C)CCCC(C)(C)O)cnn1-c1nccc(-c2ccccc2OC)n1. The van der Waals surface area contributed by atoms with Gasteiger partial charge in [-0.3, -0.25) is 4.79 Å². The first-order chi connectivity index (χ1) is 16.2. The van der Waals surface area contributed by atoms with Crippen molar-refractivity contribution in [3.63, 3.8) is 0 Å². The molecule has 2 N–H and O–H groups in total. The summed E-state index contributed by atoms with van der Waals surface area (Å²) in [5.41, 5.74) is 1.75. The molecule has 1 aromatic carbocycles. The molecule has 2 aromatic heterocycles. The number of carbonyl (C=O) groups is 1. The van der Waals surface area contributed by atoms with Crippen molar-refractivity contribution in [2.75, 3.05) is 14.2 Å². The van der Waals surface area contributed by atoms with Crippen molar-refractivity contribution >= 4 is 5.91 Å². The van der Waals surface area contributed by atoms with Crippen molar-refractivity contribution in [1.29, 1.82) is 0 Å². The number of amides is 1. The lowest BCUT2D eigenvalue weighted by molar-refractivity contribution is 0.0674. The van der Waals surface area contributed by atoms with Crippen molar-refractivity contribution in [1.82, 2.24) is 25.1 Å². The molecule has 1 amide bonds. The Bertz CT molecular complexity index is 1110. The van der Waals surface area contributed by atoms with Crippen molar-refractivity contribution in [2.45, 2.75) is 58.3 Å². The van der Waals surface area contributed by atoms with Crippen LogP contribution in [0.5, 0.6) is 5.75 Å². The first-order valence-electron chi connectivity index (χ1n) is 11.3. The summed E-state index contributed by atoms with van der Waals surface area (Å²) in [5.74, 6) is 0.783. The molecule has 9 heteroatoms. The minimum Gasteiger partial charge on any atom is -0.496 e. The molecule has 3 aromatic rings. The normalized spacial score (nSPS) is 12.4. The lowest BCUT2D eigenvalue weighted by Crippen LogP contribution is -2.33. The zero-order chi connectivity index (χ0) is 24.7. The predicted octanol–water partition coefficient (Wildman–Crippen LogP) is 3.54. The van der Waals surface area contributed by atoms with Gasteiger partial charge in [-0.25, -0.2) is 9.97 Å². The van der Waals surface area contributed by atoms with E-state index in [1.165, 1.54) is 10.9 Å². The van der Waals surface area contributed by atoms with Crippen LogP contribution in [0.3, 0.4) is 0 Å². The van der Waals surface area contributed by atoms with Crippen molar-refractivity contribution in [3.8, 4) is 23.0 Å². The van der Waals surface area contributed by atoms with E-state index >= 15 is 0 Å². The van der Waals surface area contributed by atoms with Gasteiger partial charge in [-0.05, 0) is 58.2 Å². The molecule has 0 aliphatic rings. The number of methoxy groups -OCH3 is 2. The number of rotatable bonds is 11. The highest BCUT2D eigenvalue weighted by Crippen LogP contribution is 2.28. The maximum Gasteiger partial charge on any atom is 0.255 e. The fourth-order valence-corrected chi connectivity index (χ4v) is 3.68. The Morgan fingerprint density at radius 3 is 2.71 bits per heavy atom. The average molecular weight is 468 g/mol. The molecule has 0 saturated heterocycles. The Labute approximate surface area is 200 Å². The van der Waals surface area contributed by atoms with Gasteiger partial charge < -0.3 is 19.9 Å². The number of aromatic nitrogens is 4. The summed E-state index contributed by atoms with van der Waals surface area (Å²) in [5, 5.41) is 17.3. The number of nitrogens with one attached hydrogen (secondary N) is 1. The molecule has 9 nitrogen and oxygen atoms in total. The molecular weight excluding hydrogens is 434 g/mol. The Kier molecular flexibility index (Phi) is 8.36. The maximum atomic E-state index is 13.0. The molecular formula is C25H33N5O4. The van der Waals surface area contributed by atoms with Gasteiger partial charge in [-0.15, -0.1) is 0 Å². The number of ether oxygens (including phenoxy) is 2. The summed E-state index contributed by atoms with van der Waals surface area (Å²) in [7, 11) is 3.17. The Morgan fingerprint density at radius 1 is 1.24 bits per heavy atom. The predicted molar refractivity (Wildman–Crippen MR) is 129 cm³/mol. The minimum absolute atomic E-state index is 0.0567. The molecule has 182 valence electrons. The van der Waals surface area contributed by atoms with Crippen LogP contribution in [0.25, 0.3) is 17.2 Å². The van der Waals surface area contributed by atoms with E-state index in [-0.39, 0.29) is 18.6 Å². The molecule has 3 rings (SSSR count). The van der Waals surface area contributed by atoms with Crippen LogP contribution in [0, 0.1) is 0 Å². The molecule has 34 heavy (non-hydrogen) atoms. The van der Waals surface area contributed by atoms with E-state index in [9.17, 15) is 9.90 Å². The van der Waals surface area contributed by atoms with Crippen LogP contribution >= 0.6 is 0 Å². The van der Waals surface area contributed by atoms with Gasteiger partial charge in [0.15, 0.2) is 0 Å². The van der Waals surface area contributed by atoms with Gasteiger partial charge >= 0.3 is 0 Å². The van der Waals surface area contributed by atoms with E-state index < -0.39 is 5.60 Å². The largest absolute Gasteiger partial charge is 0.496 e. The summed E-state index contributed by atoms with van der Waals surface area (Å²) >= 11 is 0. The van der Waals surface area contributed by atoms with E-state index in [1.54, 1.807) is 40.3 Å². The minimum atomic E-state index is -0.713. The molecule has 0 aliphatic heterocycles. The van der Waals surface area contributed by atoms with Gasteiger partial charge in [0.1, 0.15) is 5.75 Å². The smallest absolute Gasteiger partial charge is 0.255 e. The Hall–Kier alpha value is -3.30. The molecule has 1 atom stereocenters. The topological polar surface area (TPSA) is 111 Å². The van der Waals surface area contributed by atoms with E-state index in [0.717, 1.165) is 18.4 Å². The van der Waals surface area contributed by atoms with Gasteiger partial charge in [-0.2, -0.15) is 9.78 Å². The first-order valence-corrected chi connectivity index (χ1v) is 11.3. The lowest BCUT2D eigenvalue weighted by atomic mass is 9.99. The van der Waals surface area contributed by atoms with E-state index in [1.807, 2.05) is 31.2 Å². The lowest BCUT2D eigenvalue weighted by Gasteiger charge is -2.19. The van der Waals surface area contributed by atoms with Crippen LogP contribution in [0.2, 0.25) is 0 Å². The third kappa shape index (κ3) is 6.39. The van der Waals surface area contributed by atoms with Crippen LogP contribution in [0.15, 0.2) is 42.7 Å². The second-order valence-corrected chi connectivity index (χ2v) is 8.87. The molecule has 0 radical (unpaired) electrons. The van der Waals surface area contributed by atoms with Crippen LogP contribution < -0.4 is 10.1 Å². The van der Waals surface area contributed by atoms with Gasteiger partial charge in [0.2, 0.25) is 0 Å². The number of aliphatic hydroxyl groups is 1. The molecule has 0 bridgehead atoms. The number of nitrogens with zero attached hydrogens (tertiary/aromatic N) is 4. The number of hydrogen-bond donors (Lipinski definition) is 2. The number of benzene rings is 1. The van der Waals surface area contributed by atoms with E-state index in [0.29, 0.717) is 35.1 Å². The van der Waals surface area contributed by atoms with Gasteiger partial charge in [0, 0.05) is 24.9 Å². The number of hydrogen-bond acceptors (Lipinski definition) is 7. The monoisotopic (exact) mass is 467 g/mol. The Balaban J connectivity index is 1.83. The van der Waals surface area contributed by atoms with Gasteiger partial charge in [0.05, 0.1) is 42.5 Å². The second-order valence-electron chi connectivity index (χ2n) is 8.87. The highest BCUT2D eigenvalue weighted by Gasteiger charge is 2.22. The van der Waals surface area contributed by atoms with Crippen molar-refractivity contribution in [3.05, 3.63) is 54.0 Å². The zero-order valence-corrected chi connectivity index (χ0v) is 20.4. The van der Waals surface area contributed by atoms with Crippen LogP contribution in [0.1, 0.15) is 56.1 Å².